The molecule has 0 aliphatic carbocycles. The quantitative estimate of drug-likeness (QED) is 0.422. The Balaban J connectivity index is 3.18. The number of phenols is 1. The zero-order chi connectivity index (χ0) is 10.6. The molecule has 1 rings (SSSR count). The zero-order valence-corrected chi connectivity index (χ0v) is 9.38. The Morgan fingerprint density at radius 2 is 2.21 bits per heavy atom. The Morgan fingerprint density at radius 3 is 2.71 bits per heavy atom. The van der Waals surface area contributed by atoms with E-state index in [1.807, 2.05) is 13.0 Å². The van der Waals surface area contributed by atoms with Crippen LogP contribution in [0.15, 0.2) is 28.2 Å². The van der Waals surface area contributed by atoms with Gasteiger partial charge in [-0.1, -0.05) is 6.07 Å². The summed E-state index contributed by atoms with van der Waals surface area (Å²) in [6, 6.07) is 5.35. The minimum absolute atomic E-state index is 0.198. The van der Waals surface area contributed by atoms with Gasteiger partial charge in [-0.05, 0) is 24.4 Å². The van der Waals surface area contributed by atoms with Crippen molar-refractivity contribution in [2.45, 2.75) is 6.92 Å². The van der Waals surface area contributed by atoms with Gasteiger partial charge < -0.3 is 5.11 Å². The molecule has 0 saturated heterocycles. The normalized spacial score (nSPS) is 12.4. The molecule has 14 heavy (non-hydrogen) atoms. The van der Waals surface area contributed by atoms with Crippen LogP contribution in [0, 0.1) is 0 Å². The van der Waals surface area contributed by atoms with Crippen molar-refractivity contribution in [1.29, 1.82) is 0 Å². The highest BCUT2D eigenvalue weighted by molar-refractivity contribution is 7.27. The van der Waals surface area contributed by atoms with Crippen LogP contribution < -0.4 is 5.30 Å². The Hall–Kier alpha value is -1.21. The second-order valence-electron chi connectivity index (χ2n) is 2.71. The topological polar surface area (TPSA) is 45.0 Å². The molecule has 4 heteroatoms. The fourth-order valence-electron chi connectivity index (χ4n) is 1.11. The first-order chi connectivity index (χ1) is 6.69. The molecule has 0 spiro atoms. The number of nitrogens with zero attached hydrogens (tertiary/aromatic N) is 2. The molecule has 3 nitrogen and oxygen atoms in total. The summed E-state index contributed by atoms with van der Waals surface area (Å²) in [4.78, 5) is 8.05. The first-order valence-electron chi connectivity index (χ1n) is 4.23. The van der Waals surface area contributed by atoms with Gasteiger partial charge in [-0.2, -0.15) is 0 Å². The molecule has 1 N–H and O–H groups in total. The lowest BCUT2D eigenvalue weighted by molar-refractivity contribution is 0.474. The molecule has 1 aromatic carbocycles. The summed E-state index contributed by atoms with van der Waals surface area (Å²) in [6.45, 7) is 1.81. The Bertz CT molecular complexity index is 386. The minimum Gasteiger partial charge on any atom is -0.507 e. The summed E-state index contributed by atoms with van der Waals surface area (Å²) in [6.07, 6.45) is 1.65. The third-order valence-corrected chi connectivity index (χ3v) is 2.08. The summed E-state index contributed by atoms with van der Waals surface area (Å²) in [5.41, 5.74) is 0.650. The molecule has 0 aliphatic rings. The summed E-state index contributed by atoms with van der Waals surface area (Å²) < 4.78 is 0. The third kappa shape index (κ3) is 2.39. The van der Waals surface area contributed by atoms with E-state index >= 15 is 0 Å². The van der Waals surface area contributed by atoms with Gasteiger partial charge >= 0.3 is 0 Å². The lowest BCUT2D eigenvalue weighted by atomic mass is 10.2. The molecule has 0 saturated carbocycles. The molecule has 1 atom stereocenters. The van der Waals surface area contributed by atoms with E-state index in [9.17, 15) is 5.11 Å². The third-order valence-electron chi connectivity index (χ3n) is 1.73. The van der Waals surface area contributed by atoms with Crippen LogP contribution in [0.5, 0.6) is 5.75 Å². The first-order valence-corrected chi connectivity index (χ1v) is 4.81. The molecule has 0 fully saturated rings. The fraction of sp³-hybridized carbons (Fsp3) is 0.200. The summed E-state index contributed by atoms with van der Waals surface area (Å²) in [5.74, 6) is 0.735. The van der Waals surface area contributed by atoms with Gasteiger partial charge in [-0.15, -0.1) is 9.24 Å². The van der Waals surface area contributed by atoms with Crippen molar-refractivity contribution in [3.63, 3.8) is 0 Å². The molecule has 0 radical (unpaired) electrons. The highest BCUT2D eigenvalue weighted by Crippen LogP contribution is 2.17. The van der Waals surface area contributed by atoms with Gasteiger partial charge in [-0.3, -0.25) is 4.99 Å². The van der Waals surface area contributed by atoms with E-state index in [1.165, 1.54) is 0 Å². The van der Waals surface area contributed by atoms with Gasteiger partial charge in [0.05, 0.1) is 5.56 Å². The average Bonchev–Trinajstić information content (AvgIpc) is 2.15. The van der Waals surface area contributed by atoms with E-state index < -0.39 is 0 Å². The van der Waals surface area contributed by atoms with Crippen LogP contribution in [0.25, 0.3) is 0 Å². The number of rotatable bonds is 1. The van der Waals surface area contributed by atoms with Gasteiger partial charge in [-0.25, -0.2) is 4.99 Å². The average molecular weight is 208 g/mol. The highest BCUT2D eigenvalue weighted by Gasteiger charge is 2.06. The van der Waals surface area contributed by atoms with Gasteiger partial charge in [0.25, 0.3) is 0 Å². The van der Waals surface area contributed by atoms with E-state index in [1.54, 1.807) is 25.4 Å². The van der Waals surface area contributed by atoms with Crippen molar-refractivity contribution in [3.8, 4) is 5.75 Å². The molecule has 1 unspecified atom stereocenters. The molecule has 0 heterocycles. The van der Waals surface area contributed by atoms with Crippen molar-refractivity contribution in [1.82, 2.24) is 0 Å². The maximum atomic E-state index is 9.65. The maximum Gasteiger partial charge on any atom is 0.157 e. The molecular formula is C10H13N2OP. The van der Waals surface area contributed by atoms with Crippen LogP contribution in [-0.2, 0) is 0 Å². The minimum atomic E-state index is 0.198. The fourth-order valence-corrected chi connectivity index (χ4v) is 1.36. The molecule has 0 aromatic heterocycles. The van der Waals surface area contributed by atoms with Gasteiger partial charge in [0, 0.05) is 13.3 Å². The number of phenolic OH excluding ortho intramolecular Hbond substituents is 1. The second-order valence-corrected chi connectivity index (χ2v) is 3.38. The molecule has 0 aliphatic heterocycles. The second kappa shape index (κ2) is 4.87. The molecule has 1 aromatic rings. The number of aromatic hydroxyl groups is 1. The van der Waals surface area contributed by atoms with Crippen molar-refractivity contribution in [3.05, 3.63) is 23.8 Å². The monoisotopic (exact) mass is 208 g/mol. The van der Waals surface area contributed by atoms with Crippen LogP contribution in [0.3, 0.4) is 0 Å². The summed E-state index contributed by atoms with van der Waals surface area (Å²) in [7, 11) is 4.17. The van der Waals surface area contributed by atoms with Crippen LogP contribution in [0.2, 0.25) is 0 Å². The van der Waals surface area contributed by atoms with Crippen molar-refractivity contribution < 1.29 is 5.11 Å². The first kappa shape index (κ1) is 10.9. The zero-order valence-electron chi connectivity index (χ0n) is 8.23. The molecule has 74 valence electrons. The van der Waals surface area contributed by atoms with Crippen LogP contribution in [-0.4, -0.2) is 24.2 Å². The smallest absolute Gasteiger partial charge is 0.157 e. The molecule has 0 bridgehead atoms. The van der Waals surface area contributed by atoms with Gasteiger partial charge in [0.2, 0.25) is 0 Å². The van der Waals surface area contributed by atoms with E-state index in [4.69, 9.17) is 0 Å². The van der Waals surface area contributed by atoms with Gasteiger partial charge in [0.1, 0.15) is 5.75 Å². The predicted molar refractivity (Wildman–Crippen MR) is 64.1 cm³/mol. The van der Waals surface area contributed by atoms with Crippen molar-refractivity contribution in [2.75, 3.05) is 7.05 Å². The van der Waals surface area contributed by atoms with E-state index in [-0.39, 0.29) is 5.75 Å². The molecule has 0 amide bonds. The van der Waals surface area contributed by atoms with Crippen molar-refractivity contribution >= 4 is 26.6 Å². The standard InChI is InChI=1S/C10H13N2OP/c1-3-12-10(11-2)8-5-4-7(14)6-9(8)13/h3-6,13H,14H2,1-2H3. The number of amidine groups is 1. The Morgan fingerprint density at radius 1 is 1.50 bits per heavy atom. The van der Waals surface area contributed by atoms with Crippen LogP contribution in [0.1, 0.15) is 12.5 Å². The maximum absolute atomic E-state index is 9.65. The Kier molecular flexibility index (Phi) is 3.78. The van der Waals surface area contributed by atoms with Crippen molar-refractivity contribution in [2.24, 2.45) is 9.98 Å². The number of benzene rings is 1. The number of aliphatic imine (C=N–C) groups is 2. The largest absolute Gasteiger partial charge is 0.507 e. The lowest BCUT2D eigenvalue weighted by Gasteiger charge is -2.03. The number of hydrogen-bond donors (Lipinski definition) is 1. The van der Waals surface area contributed by atoms with E-state index in [0.29, 0.717) is 11.4 Å². The van der Waals surface area contributed by atoms with Crippen LogP contribution in [0.4, 0.5) is 0 Å². The predicted octanol–water partition coefficient (Wildman–Crippen LogP) is 1.36. The Labute approximate surface area is 85.8 Å². The van der Waals surface area contributed by atoms with E-state index in [0.717, 1.165) is 5.30 Å². The SMILES string of the molecule is CC=NC(=NC)c1ccc(P)cc1O. The highest BCUT2D eigenvalue weighted by atomic mass is 31.0. The van der Waals surface area contributed by atoms with Gasteiger partial charge in [0.15, 0.2) is 5.84 Å². The van der Waals surface area contributed by atoms with E-state index in [2.05, 4.69) is 19.2 Å². The summed E-state index contributed by atoms with van der Waals surface area (Å²) >= 11 is 0. The molecular weight excluding hydrogens is 195 g/mol. The summed E-state index contributed by atoms with van der Waals surface area (Å²) in [5, 5.41) is 10.6. The van der Waals surface area contributed by atoms with Crippen LogP contribution >= 0.6 is 9.24 Å². The number of hydrogen-bond acceptors (Lipinski definition) is 2. The lowest BCUT2D eigenvalue weighted by Crippen LogP contribution is -2.00.